The van der Waals surface area contributed by atoms with E-state index in [0.29, 0.717) is 31.2 Å². The topological polar surface area (TPSA) is 73.8 Å². The van der Waals surface area contributed by atoms with Crippen LogP contribution in [0.5, 0.6) is 0 Å². The van der Waals surface area contributed by atoms with E-state index in [4.69, 9.17) is 4.98 Å². The number of fused-ring (bicyclic) bond motifs is 1. The van der Waals surface area contributed by atoms with Gasteiger partial charge in [0, 0.05) is 24.1 Å². The monoisotopic (exact) mass is 584 g/mol. The fourth-order valence-electron chi connectivity index (χ4n) is 4.23. The first-order valence-electron chi connectivity index (χ1n) is 11.5. The van der Waals surface area contributed by atoms with E-state index < -0.39 is 16.1 Å². The van der Waals surface area contributed by atoms with Crippen molar-refractivity contribution in [3.05, 3.63) is 40.2 Å². The lowest BCUT2D eigenvalue weighted by Gasteiger charge is -2.36. The number of hydrogen-bond acceptors (Lipinski definition) is 7. The molecule has 2 aromatic heterocycles. The predicted octanol–water partition coefficient (Wildman–Crippen LogP) is 5.04. The molecule has 0 spiro atoms. The maximum absolute atomic E-state index is 14.0. The van der Waals surface area contributed by atoms with Gasteiger partial charge in [0.2, 0.25) is 5.91 Å². The van der Waals surface area contributed by atoms with Gasteiger partial charge in [-0.2, -0.15) is 4.31 Å². The third-order valence-corrected chi connectivity index (χ3v) is 11.0. The molecule has 0 N–H and O–H groups in total. The Morgan fingerprint density at radius 3 is 2.71 bits per heavy atom. The summed E-state index contributed by atoms with van der Waals surface area (Å²) in [7, 11) is -3.73. The van der Waals surface area contributed by atoms with Crippen LogP contribution < -0.4 is 4.90 Å². The van der Waals surface area contributed by atoms with E-state index in [1.54, 1.807) is 22.4 Å². The Balaban J connectivity index is 1.69. The molecule has 7 nitrogen and oxygen atoms in total. The molecule has 3 heterocycles. The Kier molecular flexibility index (Phi) is 8.42. The summed E-state index contributed by atoms with van der Waals surface area (Å²) < 4.78 is 30.4. The number of anilines is 1. The van der Waals surface area contributed by atoms with Gasteiger partial charge in [-0.25, -0.2) is 13.4 Å². The molecular weight excluding hydrogens is 556 g/mol. The number of thiophene rings is 1. The summed E-state index contributed by atoms with van der Waals surface area (Å²) in [5.74, 6) is -0.190. The van der Waals surface area contributed by atoms with Crippen LogP contribution in [0.25, 0.3) is 10.2 Å². The minimum absolute atomic E-state index is 0.190. The summed E-state index contributed by atoms with van der Waals surface area (Å²) in [6.45, 7) is 7.48. The first-order valence-corrected chi connectivity index (χ1v) is 15.4. The molecule has 1 fully saturated rings. The molecule has 184 valence electrons. The smallest absolute Gasteiger partial charge is 0.253 e. The van der Waals surface area contributed by atoms with E-state index in [1.165, 1.54) is 27.0 Å². The van der Waals surface area contributed by atoms with Gasteiger partial charge in [0.05, 0.1) is 10.2 Å². The van der Waals surface area contributed by atoms with Gasteiger partial charge in [-0.3, -0.25) is 9.69 Å². The Labute approximate surface area is 217 Å². The molecule has 4 rings (SSSR count). The standard InChI is InChI=1S/C23H29BrN4O3S3/c1-3-26(4-2)13-14-27(23-25-18-11-10-17(24)16-20(18)33-23)22(29)19-8-5-6-12-28(19)34(30,31)21-9-7-15-32-21/h7,9-11,15-16,19H,3-6,8,12-14H2,1-2H3. The summed E-state index contributed by atoms with van der Waals surface area (Å²) in [5.41, 5.74) is 0.829. The van der Waals surface area contributed by atoms with Crippen molar-refractivity contribution in [2.45, 2.75) is 43.4 Å². The van der Waals surface area contributed by atoms with E-state index in [2.05, 4.69) is 34.7 Å². The molecule has 0 saturated carbocycles. The lowest BCUT2D eigenvalue weighted by atomic mass is 10.0. The fraction of sp³-hybridized carbons (Fsp3) is 0.478. The second-order valence-electron chi connectivity index (χ2n) is 8.18. The fourth-order valence-corrected chi connectivity index (χ4v) is 8.55. The van der Waals surface area contributed by atoms with E-state index in [1.807, 2.05) is 18.2 Å². The molecule has 0 aliphatic carbocycles. The average Bonchev–Trinajstić information content (AvgIpc) is 3.52. The molecule has 34 heavy (non-hydrogen) atoms. The number of amides is 1. The van der Waals surface area contributed by atoms with Gasteiger partial charge >= 0.3 is 0 Å². The van der Waals surface area contributed by atoms with Crippen LogP contribution in [0.1, 0.15) is 33.1 Å². The van der Waals surface area contributed by atoms with Crippen LogP contribution in [0.2, 0.25) is 0 Å². The molecule has 1 unspecified atom stereocenters. The quantitative estimate of drug-likeness (QED) is 0.352. The van der Waals surface area contributed by atoms with E-state index in [-0.39, 0.29) is 10.1 Å². The highest BCUT2D eigenvalue weighted by Gasteiger charge is 2.40. The lowest BCUT2D eigenvalue weighted by molar-refractivity contribution is -0.123. The van der Waals surface area contributed by atoms with Crippen LogP contribution in [-0.2, 0) is 14.8 Å². The highest BCUT2D eigenvalue weighted by Crippen LogP contribution is 2.34. The number of rotatable bonds is 9. The lowest BCUT2D eigenvalue weighted by Crippen LogP contribution is -2.54. The van der Waals surface area contributed by atoms with Crippen molar-refractivity contribution in [1.82, 2.24) is 14.2 Å². The van der Waals surface area contributed by atoms with Gasteiger partial charge in [0.15, 0.2) is 5.13 Å². The van der Waals surface area contributed by atoms with E-state index in [9.17, 15) is 13.2 Å². The highest BCUT2D eigenvalue weighted by molar-refractivity contribution is 9.10. The number of aromatic nitrogens is 1. The van der Waals surface area contributed by atoms with Crippen LogP contribution in [0.15, 0.2) is 44.4 Å². The van der Waals surface area contributed by atoms with E-state index in [0.717, 1.165) is 40.6 Å². The molecule has 3 aromatic rings. The van der Waals surface area contributed by atoms with Crippen molar-refractivity contribution in [2.75, 3.05) is 37.6 Å². The van der Waals surface area contributed by atoms with Gasteiger partial charge in [-0.1, -0.05) is 53.6 Å². The van der Waals surface area contributed by atoms with E-state index >= 15 is 0 Å². The molecule has 0 radical (unpaired) electrons. The molecule has 1 aliphatic heterocycles. The molecule has 1 amide bonds. The van der Waals surface area contributed by atoms with Gasteiger partial charge in [-0.15, -0.1) is 11.3 Å². The average molecular weight is 586 g/mol. The van der Waals surface area contributed by atoms with Crippen molar-refractivity contribution < 1.29 is 13.2 Å². The van der Waals surface area contributed by atoms with Crippen molar-refractivity contribution in [2.24, 2.45) is 0 Å². The maximum Gasteiger partial charge on any atom is 0.253 e. The molecule has 0 bridgehead atoms. The molecule has 1 atom stereocenters. The Morgan fingerprint density at radius 2 is 2.00 bits per heavy atom. The SMILES string of the molecule is CCN(CC)CCN(C(=O)C1CCCCN1S(=O)(=O)c1cccs1)c1nc2ccc(Br)cc2s1. The number of carbonyl (C=O) groups is 1. The van der Waals surface area contributed by atoms with Crippen LogP contribution >= 0.6 is 38.6 Å². The minimum Gasteiger partial charge on any atom is -0.302 e. The number of thiazole rings is 1. The molecule has 1 aromatic carbocycles. The zero-order valence-electron chi connectivity index (χ0n) is 19.3. The zero-order chi connectivity index (χ0) is 24.3. The number of sulfonamides is 1. The first-order chi connectivity index (χ1) is 16.3. The third-order valence-electron chi connectivity index (χ3n) is 6.17. The first kappa shape index (κ1) is 25.7. The number of benzene rings is 1. The number of hydrogen-bond donors (Lipinski definition) is 0. The second kappa shape index (κ2) is 11.1. The van der Waals surface area contributed by atoms with Crippen LogP contribution in [0.4, 0.5) is 5.13 Å². The predicted molar refractivity (Wildman–Crippen MR) is 143 cm³/mol. The van der Waals surface area contributed by atoms with Crippen molar-refractivity contribution in [3.8, 4) is 0 Å². The number of piperidine rings is 1. The molecule has 11 heteroatoms. The zero-order valence-corrected chi connectivity index (χ0v) is 23.4. The van der Waals surface area contributed by atoms with Gasteiger partial charge < -0.3 is 4.90 Å². The Morgan fingerprint density at radius 1 is 1.21 bits per heavy atom. The van der Waals surface area contributed by atoms with Crippen molar-refractivity contribution in [3.63, 3.8) is 0 Å². The molecular formula is C23H29BrN4O3S3. The summed E-state index contributed by atoms with van der Waals surface area (Å²) >= 11 is 6.16. The normalized spacial score (nSPS) is 17.5. The molecule has 1 aliphatic rings. The number of halogens is 1. The summed E-state index contributed by atoms with van der Waals surface area (Å²) in [5, 5.41) is 2.37. The summed E-state index contributed by atoms with van der Waals surface area (Å²) in [6, 6.07) is 8.48. The van der Waals surface area contributed by atoms with Crippen molar-refractivity contribution in [1.29, 1.82) is 0 Å². The van der Waals surface area contributed by atoms with Gasteiger partial charge in [0.25, 0.3) is 10.0 Å². The van der Waals surface area contributed by atoms with Crippen LogP contribution in [-0.4, -0.2) is 67.3 Å². The molecule has 1 saturated heterocycles. The highest BCUT2D eigenvalue weighted by atomic mass is 79.9. The maximum atomic E-state index is 14.0. The minimum atomic E-state index is -3.73. The Hall–Kier alpha value is -1.37. The second-order valence-corrected chi connectivity index (χ2v) is 13.2. The largest absolute Gasteiger partial charge is 0.302 e. The summed E-state index contributed by atoms with van der Waals surface area (Å²) in [6.07, 6.45) is 2.09. The van der Waals surface area contributed by atoms with Gasteiger partial charge in [-0.05, 0) is 55.6 Å². The van der Waals surface area contributed by atoms with Crippen LogP contribution in [0.3, 0.4) is 0 Å². The van der Waals surface area contributed by atoms with Gasteiger partial charge in [0.1, 0.15) is 10.3 Å². The van der Waals surface area contributed by atoms with Crippen LogP contribution in [0, 0.1) is 0 Å². The number of nitrogens with zero attached hydrogens (tertiary/aromatic N) is 4. The Bertz CT molecular complexity index is 1230. The summed E-state index contributed by atoms with van der Waals surface area (Å²) in [4.78, 5) is 22.7. The third kappa shape index (κ3) is 5.39. The number of likely N-dealkylation sites (N-methyl/N-ethyl adjacent to an activating group) is 1. The van der Waals surface area contributed by atoms with Crippen molar-refractivity contribution >= 4 is 69.9 Å². The number of carbonyl (C=O) groups excluding carboxylic acids is 1.